The number of alkyl halides is 8. The van der Waals surface area contributed by atoms with E-state index in [0.29, 0.717) is 5.56 Å². The number of halogens is 8. The Labute approximate surface area is 314 Å². The monoisotopic (exact) mass is 811 g/mol. The van der Waals surface area contributed by atoms with Crippen LogP contribution in [0, 0.1) is 17.8 Å². The van der Waals surface area contributed by atoms with E-state index in [0.717, 1.165) is 0 Å². The number of aliphatic hydroxyl groups excluding tert-OH is 4. The molecule has 5 aliphatic rings. The number of hydrogen-bond acceptors (Lipinski definition) is 11. The van der Waals surface area contributed by atoms with Crippen LogP contribution in [-0.4, -0.2) is 145 Å². The fraction of sp³-hybridized carbons (Fsp3) is 0.806. The van der Waals surface area contributed by atoms with E-state index in [1.54, 1.807) is 44.2 Å². The van der Waals surface area contributed by atoms with E-state index >= 15 is 0 Å². The number of carbonyl (C=O) groups is 1. The predicted molar refractivity (Wildman–Crippen MR) is 179 cm³/mol. The van der Waals surface area contributed by atoms with Crippen molar-refractivity contribution in [3.05, 3.63) is 35.9 Å². The molecule has 5 aliphatic heterocycles. The number of ether oxygens (including phenoxy) is 5. The van der Waals surface area contributed by atoms with Crippen molar-refractivity contribution < 1.29 is 84.0 Å². The summed E-state index contributed by atoms with van der Waals surface area (Å²) in [6, 6.07) is 7.90. The standard InChI is InChI=1S/C15H18F2O3.C8H14F2O2.C7H12F2O3.C6H9F2NO2/c1-3-15(16,17)13-10(2)12(9-19-13)20-14(18)11-7-5-4-6-8-11;1-3-8(9,10)7-5(2)6(11)4-12-7;1-4-5(11)2-12-6(4)7(8,9)3-10;7-6(8)2-9-4-3(10)1-11-5(4)6/h4-8,10,12-13H,3,9H2,1-2H3;5-7,11H,3-4H2,1-2H3;4-6,10-11H,2-3H2,1H3;3-5,9-10H,1-2H2/t10-,12+,13+;5-,6+,7+;4-,5+,6+;3-,4+,5-/m1110/s1. The Morgan fingerprint density at radius 1 is 0.745 bits per heavy atom. The summed E-state index contributed by atoms with van der Waals surface area (Å²) < 4.78 is 129. The summed E-state index contributed by atoms with van der Waals surface area (Å²) in [6.07, 6.45) is -8.34. The molecule has 318 valence electrons. The van der Waals surface area contributed by atoms with Crippen LogP contribution in [0.5, 0.6) is 0 Å². The second-order valence-corrected chi connectivity index (χ2v) is 14.4. The first-order valence-electron chi connectivity index (χ1n) is 18.2. The van der Waals surface area contributed by atoms with Crippen LogP contribution in [0.15, 0.2) is 30.3 Å². The van der Waals surface area contributed by atoms with Crippen molar-refractivity contribution in [3.8, 4) is 0 Å². The molecule has 0 unspecified atom stereocenters. The third-order valence-corrected chi connectivity index (χ3v) is 10.4. The number of hydrogen-bond donors (Lipinski definition) is 5. The van der Waals surface area contributed by atoms with Gasteiger partial charge in [-0.25, -0.2) is 39.9 Å². The van der Waals surface area contributed by atoms with Crippen molar-refractivity contribution in [2.75, 3.05) is 39.6 Å². The number of rotatable bonds is 8. The largest absolute Gasteiger partial charge is 0.456 e. The summed E-state index contributed by atoms with van der Waals surface area (Å²) in [7, 11) is 0. The predicted octanol–water partition coefficient (Wildman–Crippen LogP) is 4.08. The van der Waals surface area contributed by atoms with E-state index in [4.69, 9.17) is 39.4 Å². The molecule has 1 aromatic carbocycles. The van der Waals surface area contributed by atoms with Gasteiger partial charge in [-0.05, 0) is 12.1 Å². The average Bonchev–Trinajstić information content (AvgIpc) is 3.96. The lowest BCUT2D eigenvalue weighted by molar-refractivity contribution is -0.151. The molecule has 5 N–H and O–H groups in total. The first-order valence-corrected chi connectivity index (χ1v) is 18.2. The van der Waals surface area contributed by atoms with Crippen molar-refractivity contribution >= 4 is 5.97 Å². The van der Waals surface area contributed by atoms with Gasteiger partial charge in [0.05, 0.1) is 62.9 Å². The first-order chi connectivity index (χ1) is 25.5. The molecular weight excluding hydrogens is 758 g/mol. The van der Waals surface area contributed by atoms with E-state index in [9.17, 15) is 39.9 Å². The highest BCUT2D eigenvalue weighted by Crippen LogP contribution is 2.38. The number of fused-ring (bicyclic) bond motifs is 1. The lowest BCUT2D eigenvalue weighted by Crippen LogP contribution is -2.41. The van der Waals surface area contributed by atoms with Crippen LogP contribution in [-0.2, 0) is 23.7 Å². The van der Waals surface area contributed by atoms with Crippen LogP contribution in [0.1, 0.15) is 57.8 Å². The molecular formula is C36H53F8NO10. The van der Waals surface area contributed by atoms with E-state index in [2.05, 4.69) is 10.1 Å². The number of benzene rings is 1. The van der Waals surface area contributed by atoms with Gasteiger partial charge in [0, 0.05) is 30.6 Å². The molecule has 1 aromatic rings. The normalized spacial score (nSPS) is 35.4. The maximum atomic E-state index is 13.7. The maximum absolute atomic E-state index is 13.7. The SMILES string of the molecule is CCC(F)(F)[C@H]1OC[C@H](O)[C@H]1C.CCC(F)(F)[C@H]1OC[C@H](OC(=O)c2ccccc2)[C@H]1C.C[C@@H]1[C@@H](O)CO[C@@H]1C(F)(F)CO.O[C@H]1CO[C@H]2[C@@H]1NCC2(F)F. The van der Waals surface area contributed by atoms with Gasteiger partial charge in [0.2, 0.25) is 0 Å². The Hall–Kier alpha value is -2.23. The summed E-state index contributed by atoms with van der Waals surface area (Å²) in [5, 5.41) is 38.2. The Bertz CT molecular complexity index is 1300. The van der Waals surface area contributed by atoms with Gasteiger partial charge in [-0.15, -0.1) is 0 Å². The smallest absolute Gasteiger partial charge is 0.338 e. The highest BCUT2D eigenvalue weighted by Gasteiger charge is 2.57. The summed E-state index contributed by atoms with van der Waals surface area (Å²) >= 11 is 0. The fourth-order valence-corrected chi connectivity index (χ4v) is 6.64. The van der Waals surface area contributed by atoms with Crippen LogP contribution in [0.2, 0.25) is 0 Å². The topological polar surface area (TPSA) is 156 Å². The zero-order valence-corrected chi connectivity index (χ0v) is 31.2. The minimum atomic E-state index is -3.25. The molecule has 6 rings (SSSR count). The molecule has 5 heterocycles. The van der Waals surface area contributed by atoms with Crippen molar-refractivity contribution in [3.63, 3.8) is 0 Å². The van der Waals surface area contributed by atoms with E-state index in [-0.39, 0.29) is 45.8 Å². The first kappa shape index (κ1) is 47.1. The molecule has 19 heteroatoms. The lowest BCUT2D eigenvalue weighted by atomic mass is 9.95. The van der Waals surface area contributed by atoms with Crippen molar-refractivity contribution in [2.45, 2.75) is 126 Å². The number of aliphatic hydroxyl groups is 4. The second kappa shape index (κ2) is 19.5. The minimum absolute atomic E-state index is 0.0118. The van der Waals surface area contributed by atoms with Gasteiger partial charge in [0.25, 0.3) is 23.7 Å². The molecule has 0 bridgehead atoms. The molecule has 0 aliphatic carbocycles. The quantitative estimate of drug-likeness (QED) is 0.191. The zero-order valence-electron chi connectivity index (χ0n) is 31.2. The third kappa shape index (κ3) is 11.7. The second-order valence-electron chi connectivity index (χ2n) is 14.4. The van der Waals surface area contributed by atoms with Gasteiger partial charge < -0.3 is 49.4 Å². The molecule has 0 radical (unpaired) electrons. The lowest BCUT2D eigenvalue weighted by Gasteiger charge is -2.25. The molecule has 5 saturated heterocycles. The summed E-state index contributed by atoms with van der Waals surface area (Å²) in [5.41, 5.74) is 0.408. The fourth-order valence-electron chi connectivity index (χ4n) is 6.64. The van der Waals surface area contributed by atoms with Gasteiger partial charge in [0.1, 0.15) is 37.1 Å². The molecule has 0 aromatic heterocycles. The van der Waals surface area contributed by atoms with Gasteiger partial charge in [-0.2, -0.15) is 0 Å². The number of carbonyl (C=O) groups excluding carboxylic acids is 1. The summed E-state index contributed by atoms with van der Waals surface area (Å²) in [6.45, 7) is 5.87. The van der Waals surface area contributed by atoms with Crippen molar-refractivity contribution in [1.82, 2.24) is 5.32 Å². The molecule has 11 nitrogen and oxygen atoms in total. The molecule has 55 heavy (non-hydrogen) atoms. The third-order valence-electron chi connectivity index (χ3n) is 10.4. The Morgan fingerprint density at radius 3 is 1.64 bits per heavy atom. The van der Waals surface area contributed by atoms with Crippen LogP contribution in [0.3, 0.4) is 0 Å². The summed E-state index contributed by atoms with van der Waals surface area (Å²) in [4.78, 5) is 11.9. The molecule has 0 amide bonds. The van der Waals surface area contributed by atoms with Crippen LogP contribution in [0.4, 0.5) is 35.1 Å². The van der Waals surface area contributed by atoms with Gasteiger partial charge >= 0.3 is 5.97 Å². The van der Waals surface area contributed by atoms with Crippen molar-refractivity contribution in [1.29, 1.82) is 0 Å². The minimum Gasteiger partial charge on any atom is -0.456 e. The van der Waals surface area contributed by atoms with Gasteiger partial charge in [-0.1, -0.05) is 52.8 Å². The van der Waals surface area contributed by atoms with Crippen LogP contribution in [0.25, 0.3) is 0 Å². The summed E-state index contributed by atoms with van der Waals surface area (Å²) in [5.74, 6) is -13.9. The molecule has 12 atom stereocenters. The molecule has 0 saturated carbocycles. The Kier molecular flexibility index (Phi) is 16.7. The maximum Gasteiger partial charge on any atom is 0.338 e. The highest BCUT2D eigenvalue weighted by molar-refractivity contribution is 5.89. The van der Waals surface area contributed by atoms with Gasteiger partial charge in [0.15, 0.2) is 0 Å². The number of nitrogens with one attached hydrogen (secondary N) is 1. The highest BCUT2D eigenvalue weighted by atomic mass is 19.3. The van der Waals surface area contributed by atoms with E-state index in [1.165, 1.54) is 20.8 Å². The molecule has 5 fully saturated rings. The van der Waals surface area contributed by atoms with Crippen LogP contribution < -0.4 is 5.32 Å². The van der Waals surface area contributed by atoms with E-state index in [1.807, 2.05) is 0 Å². The number of esters is 1. The molecule has 0 spiro atoms. The average molecular weight is 812 g/mol. The van der Waals surface area contributed by atoms with Crippen LogP contribution >= 0.6 is 0 Å². The van der Waals surface area contributed by atoms with E-state index < -0.39 is 109 Å². The Morgan fingerprint density at radius 2 is 1.20 bits per heavy atom. The zero-order chi connectivity index (χ0) is 41.5. The van der Waals surface area contributed by atoms with Crippen molar-refractivity contribution in [2.24, 2.45) is 17.8 Å². The Balaban J connectivity index is 0.000000204. The van der Waals surface area contributed by atoms with Gasteiger partial charge in [-0.3, -0.25) is 0 Å².